The van der Waals surface area contributed by atoms with Crippen molar-refractivity contribution in [1.82, 2.24) is 0 Å². The Balaban J connectivity index is 2.32. The van der Waals surface area contributed by atoms with E-state index in [-0.39, 0.29) is 5.43 Å². The molecule has 2 nitrogen and oxygen atoms in total. The first-order chi connectivity index (χ1) is 9.95. The molecule has 0 saturated carbocycles. The van der Waals surface area contributed by atoms with Gasteiger partial charge in [-0.25, -0.2) is 0 Å². The summed E-state index contributed by atoms with van der Waals surface area (Å²) in [4.78, 5) is 12.4. The SMILES string of the molecule is Cc1ccc(-c2cc(=O)c3c(Br)cc(Br)cc3o2)c(C)c1. The van der Waals surface area contributed by atoms with Crippen LogP contribution in [0.2, 0.25) is 0 Å². The topological polar surface area (TPSA) is 30.2 Å². The highest BCUT2D eigenvalue weighted by molar-refractivity contribution is 9.11. The van der Waals surface area contributed by atoms with Gasteiger partial charge in [0.2, 0.25) is 0 Å². The maximum atomic E-state index is 12.4. The molecule has 106 valence electrons. The minimum Gasteiger partial charge on any atom is -0.456 e. The summed E-state index contributed by atoms with van der Waals surface area (Å²) in [5, 5.41) is 0.562. The average Bonchev–Trinajstić information content (AvgIpc) is 2.36. The van der Waals surface area contributed by atoms with Gasteiger partial charge < -0.3 is 4.42 Å². The molecule has 0 amide bonds. The first-order valence-corrected chi connectivity index (χ1v) is 8.05. The summed E-state index contributed by atoms with van der Waals surface area (Å²) in [6, 6.07) is 11.3. The molecular weight excluding hydrogens is 396 g/mol. The monoisotopic (exact) mass is 406 g/mol. The standard InChI is InChI=1S/C17H12Br2O2/c1-9-3-4-12(10(2)5-9)15-8-14(20)17-13(19)6-11(18)7-16(17)21-15/h3-8H,1-2H3. The van der Waals surface area contributed by atoms with E-state index >= 15 is 0 Å². The van der Waals surface area contributed by atoms with Crippen molar-refractivity contribution in [1.29, 1.82) is 0 Å². The Bertz CT molecular complexity index is 911. The Labute approximate surface area is 139 Å². The maximum Gasteiger partial charge on any atom is 0.194 e. The molecule has 0 aliphatic carbocycles. The molecule has 3 aromatic rings. The summed E-state index contributed by atoms with van der Waals surface area (Å²) in [6.07, 6.45) is 0. The summed E-state index contributed by atoms with van der Waals surface area (Å²) in [7, 11) is 0. The quantitative estimate of drug-likeness (QED) is 0.525. The van der Waals surface area contributed by atoms with Gasteiger partial charge in [-0.2, -0.15) is 0 Å². The van der Waals surface area contributed by atoms with Gasteiger partial charge in [-0.1, -0.05) is 39.7 Å². The number of fused-ring (bicyclic) bond motifs is 1. The van der Waals surface area contributed by atoms with Crippen LogP contribution in [0.25, 0.3) is 22.3 Å². The molecule has 0 aliphatic rings. The second kappa shape index (κ2) is 5.43. The number of halogens is 2. The molecule has 0 atom stereocenters. The third-order valence-electron chi connectivity index (χ3n) is 3.39. The van der Waals surface area contributed by atoms with Gasteiger partial charge in [-0.15, -0.1) is 0 Å². The van der Waals surface area contributed by atoms with E-state index in [1.807, 2.05) is 38.1 Å². The van der Waals surface area contributed by atoms with Crippen LogP contribution >= 0.6 is 31.9 Å². The van der Waals surface area contributed by atoms with Crippen LogP contribution in [0, 0.1) is 13.8 Å². The lowest BCUT2D eigenvalue weighted by atomic mass is 10.0. The zero-order valence-corrected chi connectivity index (χ0v) is 14.7. The van der Waals surface area contributed by atoms with E-state index in [1.165, 1.54) is 5.56 Å². The predicted octanol–water partition coefficient (Wildman–Crippen LogP) is 5.60. The molecule has 0 fully saturated rings. The molecule has 21 heavy (non-hydrogen) atoms. The van der Waals surface area contributed by atoms with Crippen molar-refractivity contribution in [2.24, 2.45) is 0 Å². The van der Waals surface area contributed by atoms with Crippen LogP contribution in [-0.4, -0.2) is 0 Å². The van der Waals surface area contributed by atoms with Crippen LogP contribution in [0.3, 0.4) is 0 Å². The van der Waals surface area contributed by atoms with Crippen LogP contribution in [-0.2, 0) is 0 Å². The lowest BCUT2D eigenvalue weighted by molar-refractivity contribution is 0.618. The number of hydrogen-bond donors (Lipinski definition) is 0. The van der Waals surface area contributed by atoms with Crippen LogP contribution < -0.4 is 5.43 Å². The van der Waals surface area contributed by atoms with E-state index in [0.717, 1.165) is 20.1 Å². The summed E-state index contributed by atoms with van der Waals surface area (Å²) in [5.74, 6) is 0.593. The van der Waals surface area contributed by atoms with Gasteiger partial charge in [-0.3, -0.25) is 4.79 Å². The van der Waals surface area contributed by atoms with E-state index in [1.54, 1.807) is 6.07 Å². The highest BCUT2D eigenvalue weighted by atomic mass is 79.9. The molecule has 0 N–H and O–H groups in total. The Hall–Kier alpha value is -1.39. The van der Waals surface area contributed by atoms with Crippen molar-refractivity contribution in [3.63, 3.8) is 0 Å². The van der Waals surface area contributed by atoms with Crippen LogP contribution in [0.5, 0.6) is 0 Å². The molecule has 0 bridgehead atoms. The average molecular weight is 408 g/mol. The number of rotatable bonds is 1. The van der Waals surface area contributed by atoms with Gasteiger partial charge in [0.15, 0.2) is 5.43 Å². The lowest BCUT2D eigenvalue weighted by Crippen LogP contribution is -2.01. The molecule has 2 aromatic carbocycles. The zero-order chi connectivity index (χ0) is 15.1. The largest absolute Gasteiger partial charge is 0.456 e. The Morgan fingerprint density at radius 3 is 2.48 bits per heavy atom. The van der Waals surface area contributed by atoms with Gasteiger partial charge >= 0.3 is 0 Å². The number of hydrogen-bond acceptors (Lipinski definition) is 2. The molecule has 4 heteroatoms. The molecule has 3 rings (SSSR count). The second-order valence-corrected chi connectivity index (χ2v) is 6.82. The molecule has 1 heterocycles. The highest BCUT2D eigenvalue weighted by Gasteiger charge is 2.12. The molecule has 0 saturated heterocycles. The van der Waals surface area contributed by atoms with E-state index in [9.17, 15) is 4.79 Å². The van der Waals surface area contributed by atoms with Gasteiger partial charge in [0.25, 0.3) is 0 Å². The van der Waals surface area contributed by atoms with Gasteiger partial charge in [0.05, 0.1) is 5.39 Å². The van der Waals surface area contributed by atoms with Crippen LogP contribution in [0.15, 0.2) is 54.6 Å². The summed E-state index contributed by atoms with van der Waals surface area (Å²) in [5.41, 5.74) is 3.73. The van der Waals surface area contributed by atoms with Crippen molar-refractivity contribution in [2.75, 3.05) is 0 Å². The number of aryl methyl sites for hydroxylation is 2. The Morgan fingerprint density at radius 2 is 1.76 bits per heavy atom. The van der Waals surface area contributed by atoms with Crippen molar-refractivity contribution >= 4 is 42.8 Å². The highest BCUT2D eigenvalue weighted by Crippen LogP contribution is 2.30. The smallest absolute Gasteiger partial charge is 0.194 e. The van der Waals surface area contributed by atoms with Crippen LogP contribution in [0.4, 0.5) is 0 Å². The summed E-state index contributed by atoms with van der Waals surface area (Å²) >= 11 is 6.83. The predicted molar refractivity (Wildman–Crippen MR) is 92.8 cm³/mol. The number of benzene rings is 2. The second-order valence-electron chi connectivity index (χ2n) is 5.05. The molecule has 1 aromatic heterocycles. The normalized spacial score (nSPS) is 11.0. The minimum atomic E-state index is -0.0504. The maximum absolute atomic E-state index is 12.4. The van der Waals surface area contributed by atoms with Crippen LogP contribution in [0.1, 0.15) is 11.1 Å². The molecule has 0 aliphatic heterocycles. The summed E-state index contributed by atoms with van der Waals surface area (Å²) in [6.45, 7) is 4.06. The molecule has 0 spiro atoms. The van der Waals surface area contributed by atoms with Crippen molar-refractivity contribution in [2.45, 2.75) is 13.8 Å². The minimum absolute atomic E-state index is 0.0504. The Kier molecular flexibility index (Phi) is 3.76. The van der Waals surface area contributed by atoms with E-state index < -0.39 is 0 Å². The zero-order valence-electron chi connectivity index (χ0n) is 11.5. The van der Waals surface area contributed by atoms with Crippen molar-refractivity contribution in [3.05, 3.63) is 66.7 Å². The van der Waals surface area contributed by atoms with E-state index in [0.29, 0.717) is 16.7 Å². The van der Waals surface area contributed by atoms with Crippen molar-refractivity contribution < 1.29 is 4.42 Å². The third-order valence-corrected chi connectivity index (χ3v) is 4.48. The van der Waals surface area contributed by atoms with Crippen molar-refractivity contribution in [3.8, 4) is 11.3 Å². The van der Waals surface area contributed by atoms with Gasteiger partial charge in [0.1, 0.15) is 11.3 Å². The summed E-state index contributed by atoms with van der Waals surface area (Å²) < 4.78 is 7.54. The van der Waals surface area contributed by atoms with E-state index in [2.05, 4.69) is 37.9 Å². The fourth-order valence-electron chi connectivity index (χ4n) is 2.43. The first kappa shape index (κ1) is 14.5. The molecular formula is C17H12Br2O2. The van der Waals surface area contributed by atoms with Gasteiger partial charge in [-0.05, 0) is 47.5 Å². The molecule has 0 unspecified atom stereocenters. The fraction of sp³-hybridized carbons (Fsp3) is 0.118. The lowest BCUT2D eigenvalue weighted by Gasteiger charge is -2.08. The Morgan fingerprint density at radius 1 is 1.00 bits per heavy atom. The molecule has 0 radical (unpaired) electrons. The fourth-order valence-corrected chi connectivity index (χ4v) is 3.81. The first-order valence-electron chi connectivity index (χ1n) is 6.46. The van der Waals surface area contributed by atoms with E-state index in [4.69, 9.17) is 4.42 Å². The third kappa shape index (κ3) is 2.70. The van der Waals surface area contributed by atoms with Gasteiger partial charge in [0, 0.05) is 20.6 Å².